The van der Waals surface area contributed by atoms with Crippen LogP contribution in [0.3, 0.4) is 0 Å². The van der Waals surface area contributed by atoms with Crippen molar-refractivity contribution in [3.05, 3.63) is 35.0 Å². The molecule has 4 heteroatoms. The molecule has 2 aromatic rings. The van der Waals surface area contributed by atoms with Crippen molar-refractivity contribution in [1.29, 1.82) is 0 Å². The number of carboxylic acids is 1. The summed E-state index contributed by atoms with van der Waals surface area (Å²) in [4.78, 5) is 22.2. The van der Waals surface area contributed by atoms with E-state index in [2.05, 4.69) is 0 Å². The predicted octanol–water partition coefficient (Wildman–Crippen LogP) is 2.48. The largest absolute Gasteiger partial charge is 0.478 e. The van der Waals surface area contributed by atoms with Crippen LogP contribution < -0.4 is 0 Å². The fourth-order valence-electron chi connectivity index (χ4n) is 2.12. The summed E-state index contributed by atoms with van der Waals surface area (Å²) in [5.41, 5.74) is 2.24. The summed E-state index contributed by atoms with van der Waals surface area (Å²) in [6, 6.07) is 3.48. The van der Waals surface area contributed by atoms with E-state index < -0.39 is 5.97 Å². The summed E-state index contributed by atoms with van der Waals surface area (Å²) in [7, 11) is 0. The third-order valence-electron chi connectivity index (χ3n) is 2.85. The lowest BCUT2D eigenvalue weighted by atomic mass is 10.1. The summed E-state index contributed by atoms with van der Waals surface area (Å²) in [5, 5.41) is 9.92. The maximum Gasteiger partial charge on any atom is 0.337 e. The van der Waals surface area contributed by atoms with Gasteiger partial charge in [-0.05, 0) is 31.5 Å². The molecule has 0 aliphatic heterocycles. The van der Waals surface area contributed by atoms with Gasteiger partial charge in [-0.1, -0.05) is 0 Å². The highest BCUT2D eigenvalue weighted by atomic mass is 16.4. The molecule has 1 N–H and O–H groups in total. The molecule has 0 fully saturated rings. The number of hydrogen-bond acceptors (Lipinski definition) is 2. The summed E-state index contributed by atoms with van der Waals surface area (Å²) in [5.74, 6) is -0.969. The maximum absolute atomic E-state index is 11.2. The van der Waals surface area contributed by atoms with Gasteiger partial charge in [0, 0.05) is 23.7 Å². The topological polar surface area (TPSA) is 59.3 Å². The van der Waals surface area contributed by atoms with Gasteiger partial charge < -0.3 is 9.67 Å². The maximum atomic E-state index is 11.2. The molecule has 0 unspecified atom stereocenters. The molecule has 0 aliphatic rings. The lowest BCUT2D eigenvalue weighted by Crippen LogP contribution is -2.02. The Morgan fingerprint density at radius 1 is 1.47 bits per heavy atom. The van der Waals surface area contributed by atoms with Gasteiger partial charge in [0.05, 0.1) is 11.1 Å². The van der Waals surface area contributed by atoms with E-state index in [9.17, 15) is 14.7 Å². The van der Waals surface area contributed by atoms with Gasteiger partial charge in [0.2, 0.25) is 0 Å². The molecule has 88 valence electrons. The highest BCUT2D eigenvalue weighted by molar-refractivity contribution is 6.07. The highest BCUT2D eigenvalue weighted by Gasteiger charge is 2.16. The van der Waals surface area contributed by atoms with Crippen molar-refractivity contribution in [2.75, 3.05) is 0 Å². The van der Waals surface area contributed by atoms with E-state index in [0.29, 0.717) is 23.0 Å². The molecule has 1 heterocycles. The molecule has 0 aliphatic carbocycles. The van der Waals surface area contributed by atoms with Gasteiger partial charge in [-0.15, -0.1) is 0 Å². The Bertz CT molecular complexity index is 611. The van der Waals surface area contributed by atoms with Crippen LogP contribution in [0.5, 0.6) is 0 Å². The van der Waals surface area contributed by atoms with Crippen LogP contribution in [0.15, 0.2) is 18.3 Å². The number of aromatic carboxylic acids is 1. The molecule has 2 rings (SSSR count). The van der Waals surface area contributed by atoms with Gasteiger partial charge in [-0.3, -0.25) is 4.79 Å². The van der Waals surface area contributed by atoms with Crippen LogP contribution in [-0.4, -0.2) is 21.9 Å². The van der Waals surface area contributed by atoms with Crippen molar-refractivity contribution in [2.24, 2.45) is 0 Å². The van der Waals surface area contributed by atoms with Gasteiger partial charge in [-0.2, -0.15) is 0 Å². The van der Waals surface area contributed by atoms with Gasteiger partial charge in [0.1, 0.15) is 0 Å². The number of rotatable bonds is 3. The van der Waals surface area contributed by atoms with Crippen molar-refractivity contribution in [2.45, 2.75) is 20.4 Å². The molecule has 0 saturated carbocycles. The number of nitrogens with zero attached hydrogens (tertiary/aromatic N) is 1. The number of carbonyl (C=O) groups is 2. The van der Waals surface area contributed by atoms with Crippen LogP contribution in [0.4, 0.5) is 0 Å². The molecule has 0 amide bonds. The van der Waals surface area contributed by atoms with Crippen molar-refractivity contribution >= 4 is 23.2 Å². The smallest absolute Gasteiger partial charge is 0.337 e. The average Bonchev–Trinajstić information content (AvgIpc) is 2.65. The zero-order valence-corrected chi connectivity index (χ0v) is 9.73. The number of benzene rings is 1. The molecule has 4 nitrogen and oxygen atoms in total. The Hall–Kier alpha value is -2.10. The molecule has 0 radical (unpaired) electrons. The van der Waals surface area contributed by atoms with Crippen LogP contribution in [0.25, 0.3) is 10.9 Å². The predicted molar refractivity (Wildman–Crippen MR) is 64.7 cm³/mol. The molecular formula is C13H13NO3. The first-order valence-corrected chi connectivity index (χ1v) is 5.40. The second-order valence-corrected chi connectivity index (χ2v) is 4.00. The van der Waals surface area contributed by atoms with E-state index in [4.69, 9.17) is 0 Å². The molecule has 0 saturated heterocycles. The van der Waals surface area contributed by atoms with Crippen LogP contribution in [-0.2, 0) is 6.54 Å². The van der Waals surface area contributed by atoms with E-state index in [-0.39, 0.29) is 5.56 Å². The van der Waals surface area contributed by atoms with E-state index in [1.165, 1.54) is 0 Å². The fraction of sp³-hybridized carbons (Fsp3) is 0.231. The van der Waals surface area contributed by atoms with Gasteiger partial charge in [0.25, 0.3) is 0 Å². The third kappa shape index (κ3) is 1.71. The summed E-state index contributed by atoms with van der Waals surface area (Å²) >= 11 is 0. The van der Waals surface area contributed by atoms with Crippen LogP contribution >= 0.6 is 0 Å². The monoisotopic (exact) mass is 231 g/mol. The lowest BCUT2D eigenvalue weighted by Gasteiger charge is -2.05. The Morgan fingerprint density at radius 2 is 2.18 bits per heavy atom. The number of aromatic nitrogens is 1. The Labute approximate surface area is 98.5 Å². The number of carboxylic acid groups (broad SMARTS) is 1. The first kappa shape index (κ1) is 11.4. The molecule has 17 heavy (non-hydrogen) atoms. The van der Waals surface area contributed by atoms with Gasteiger partial charge in [-0.25, -0.2) is 4.79 Å². The van der Waals surface area contributed by atoms with E-state index in [1.54, 1.807) is 16.8 Å². The highest BCUT2D eigenvalue weighted by Crippen LogP contribution is 2.25. The lowest BCUT2D eigenvalue weighted by molar-refractivity contribution is 0.0698. The van der Waals surface area contributed by atoms with Crippen molar-refractivity contribution < 1.29 is 14.7 Å². The molecule has 0 bridgehead atoms. The van der Waals surface area contributed by atoms with Crippen molar-refractivity contribution in [1.82, 2.24) is 4.57 Å². The second-order valence-electron chi connectivity index (χ2n) is 4.00. The van der Waals surface area contributed by atoms with Crippen LogP contribution in [0.2, 0.25) is 0 Å². The zero-order chi connectivity index (χ0) is 12.6. The van der Waals surface area contributed by atoms with E-state index in [0.717, 1.165) is 11.8 Å². The molecule has 1 aromatic carbocycles. The Balaban J connectivity index is 2.94. The van der Waals surface area contributed by atoms with Gasteiger partial charge >= 0.3 is 5.97 Å². The molecule has 0 spiro atoms. The Kier molecular flexibility index (Phi) is 2.71. The minimum absolute atomic E-state index is 0.245. The molecular weight excluding hydrogens is 218 g/mol. The number of hydrogen-bond donors (Lipinski definition) is 1. The summed E-state index contributed by atoms with van der Waals surface area (Å²) < 4.78 is 1.79. The quantitative estimate of drug-likeness (QED) is 0.825. The van der Waals surface area contributed by atoms with E-state index in [1.807, 2.05) is 19.9 Å². The number of aryl methyl sites for hydroxylation is 2. The number of carbonyl (C=O) groups excluding carboxylic acids is 1. The SMILES string of the molecule is CCn1cc(C=O)c2cc(C)cc(C(=O)O)c21. The first-order valence-electron chi connectivity index (χ1n) is 5.40. The summed E-state index contributed by atoms with van der Waals surface area (Å²) in [6.07, 6.45) is 2.46. The third-order valence-corrected chi connectivity index (χ3v) is 2.85. The standard InChI is InChI=1S/C13H13NO3/c1-3-14-6-9(7-15)10-4-8(2)5-11(12(10)14)13(16)17/h4-7H,3H2,1-2H3,(H,16,17). The zero-order valence-electron chi connectivity index (χ0n) is 9.73. The van der Waals surface area contributed by atoms with Gasteiger partial charge in [0.15, 0.2) is 6.29 Å². The van der Waals surface area contributed by atoms with Crippen molar-refractivity contribution in [3.8, 4) is 0 Å². The fourth-order valence-corrected chi connectivity index (χ4v) is 2.12. The minimum atomic E-state index is -0.969. The number of aldehydes is 1. The normalized spacial score (nSPS) is 10.7. The first-order chi connectivity index (χ1) is 8.08. The van der Waals surface area contributed by atoms with Crippen LogP contribution in [0.1, 0.15) is 33.2 Å². The van der Waals surface area contributed by atoms with Crippen LogP contribution in [0, 0.1) is 6.92 Å². The number of fused-ring (bicyclic) bond motifs is 1. The second kappa shape index (κ2) is 4.05. The average molecular weight is 231 g/mol. The van der Waals surface area contributed by atoms with E-state index >= 15 is 0 Å². The van der Waals surface area contributed by atoms with Crippen molar-refractivity contribution in [3.63, 3.8) is 0 Å². The molecule has 0 atom stereocenters. The molecule has 1 aromatic heterocycles. The minimum Gasteiger partial charge on any atom is -0.478 e. The Morgan fingerprint density at radius 3 is 2.71 bits per heavy atom. The summed E-state index contributed by atoms with van der Waals surface area (Å²) in [6.45, 7) is 4.37.